The van der Waals surface area contributed by atoms with Crippen LogP contribution in [0.15, 0.2) is 170 Å². The van der Waals surface area contributed by atoms with E-state index < -0.39 is 0 Å². The van der Waals surface area contributed by atoms with Gasteiger partial charge in [-0.25, -0.2) is 19.9 Å². The number of rotatable bonds is 8. The number of hydrogen-bond donors (Lipinski definition) is 0. The minimum Gasteiger partial charge on any atom is -0.264 e. The van der Waals surface area contributed by atoms with E-state index in [-0.39, 0.29) is 0 Å². The Kier molecular flexibility index (Phi) is 7.41. The van der Waals surface area contributed by atoms with Gasteiger partial charge in [0.1, 0.15) is 0 Å². The van der Waals surface area contributed by atoms with Gasteiger partial charge in [0.25, 0.3) is 0 Å². The Morgan fingerprint density at radius 1 is 0.400 bits per heavy atom. The first kappa shape index (κ1) is 31.9. The van der Waals surface area contributed by atoms with Crippen molar-refractivity contribution in [3.63, 3.8) is 0 Å². The summed E-state index contributed by atoms with van der Waals surface area (Å²) in [7, 11) is 0. The molecule has 3 saturated carbocycles. The molecular weight excluding hydrogens is 671 g/mol. The highest BCUT2D eigenvalue weighted by molar-refractivity contribution is 5.78. The van der Waals surface area contributed by atoms with E-state index in [9.17, 15) is 0 Å². The zero-order chi connectivity index (χ0) is 36.3. The zero-order valence-corrected chi connectivity index (χ0v) is 30.3. The van der Waals surface area contributed by atoms with Crippen LogP contribution < -0.4 is 0 Å². The van der Waals surface area contributed by atoms with Gasteiger partial charge in [-0.05, 0) is 83.4 Å². The summed E-state index contributed by atoms with van der Waals surface area (Å²) in [5.41, 5.74) is 13.7. The second-order valence-electron chi connectivity index (χ2n) is 15.5. The molecule has 55 heavy (non-hydrogen) atoms. The molecule has 5 nitrogen and oxygen atoms in total. The molecule has 5 aromatic carbocycles. The van der Waals surface area contributed by atoms with Gasteiger partial charge in [-0.3, -0.25) is 4.98 Å². The van der Waals surface area contributed by atoms with Gasteiger partial charge in [0.2, 0.25) is 0 Å². The molecule has 3 aliphatic carbocycles. The van der Waals surface area contributed by atoms with Crippen LogP contribution in [-0.2, 0) is 5.41 Å². The first-order chi connectivity index (χ1) is 27.2. The Bertz CT molecular complexity index is 2660. The van der Waals surface area contributed by atoms with Crippen LogP contribution in [0, 0.1) is 17.8 Å². The van der Waals surface area contributed by atoms with Crippen molar-refractivity contribution >= 4 is 0 Å². The number of aromatic nitrogens is 5. The summed E-state index contributed by atoms with van der Waals surface area (Å²) in [6, 6.07) is 55.0. The molecule has 0 spiro atoms. The van der Waals surface area contributed by atoms with Crippen LogP contribution in [0.2, 0.25) is 0 Å². The second kappa shape index (κ2) is 12.8. The average Bonchev–Trinajstić information content (AvgIpc) is 3.27. The van der Waals surface area contributed by atoms with Gasteiger partial charge < -0.3 is 0 Å². The van der Waals surface area contributed by atoms with Crippen molar-refractivity contribution in [2.45, 2.75) is 24.7 Å². The van der Waals surface area contributed by atoms with Gasteiger partial charge in [-0.2, -0.15) is 0 Å². The van der Waals surface area contributed by atoms with Gasteiger partial charge >= 0.3 is 0 Å². The summed E-state index contributed by atoms with van der Waals surface area (Å²) >= 11 is 0. The third-order valence-electron chi connectivity index (χ3n) is 12.4. The van der Waals surface area contributed by atoms with Gasteiger partial charge in [0, 0.05) is 45.8 Å². The third kappa shape index (κ3) is 5.49. The molecule has 3 heterocycles. The summed E-state index contributed by atoms with van der Waals surface area (Å²) in [5.74, 6) is 4.29. The minimum atomic E-state index is 0.440. The molecule has 2 unspecified atom stereocenters. The van der Waals surface area contributed by atoms with Gasteiger partial charge in [-0.15, -0.1) is 0 Å². The van der Waals surface area contributed by atoms with Gasteiger partial charge in [0.05, 0.1) is 22.8 Å². The highest BCUT2D eigenvalue weighted by Crippen LogP contribution is 2.77. The third-order valence-corrected chi connectivity index (χ3v) is 12.4. The molecular formula is C50H37N5. The predicted octanol–water partition coefficient (Wildman–Crippen LogP) is 11.6. The van der Waals surface area contributed by atoms with Crippen molar-refractivity contribution in [1.29, 1.82) is 0 Å². The van der Waals surface area contributed by atoms with E-state index in [1.54, 1.807) is 6.20 Å². The van der Waals surface area contributed by atoms with Crippen LogP contribution in [0.3, 0.4) is 0 Å². The molecule has 262 valence electrons. The average molecular weight is 708 g/mol. The maximum atomic E-state index is 5.22. The van der Waals surface area contributed by atoms with Crippen molar-refractivity contribution in [2.24, 2.45) is 17.8 Å². The molecule has 3 aromatic heterocycles. The molecule has 0 bridgehead atoms. The van der Waals surface area contributed by atoms with Crippen LogP contribution in [0.4, 0.5) is 0 Å². The minimum absolute atomic E-state index is 0.440. The largest absolute Gasteiger partial charge is 0.264 e. The lowest BCUT2D eigenvalue weighted by atomic mass is 9.28. The summed E-state index contributed by atoms with van der Waals surface area (Å²) < 4.78 is 0. The van der Waals surface area contributed by atoms with Crippen LogP contribution >= 0.6 is 0 Å². The van der Waals surface area contributed by atoms with E-state index in [1.807, 2.05) is 36.5 Å². The van der Waals surface area contributed by atoms with Crippen LogP contribution in [0.25, 0.3) is 78.9 Å². The molecule has 8 aromatic rings. The molecule has 0 amide bonds. The second-order valence-corrected chi connectivity index (χ2v) is 15.5. The van der Waals surface area contributed by atoms with Crippen LogP contribution in [0.1, 0.15) is 24.8 Å². The SMILES string of the molecule is c1ccc(-c2cc(-c3cccc(-c4cc(-c5ccccc5)nc(-c5ccc(C67CC8CC(C6)C87)cc5)n4)c3)nc(-c3ccc(-c4cccnc4)cc3)n2)cc1. The molecule has 3 fully saturated rings. The quantitative estimate of drug-likeness (QED) is 0.157. The van der Waals surface area contributed by atoms with Crippen molar-refractivity contribution in [2.75, 3.05) is 0 Å². The summed E-state index contributed by atoms with van der Waals surface area (Å²) in [4.78, 5) is 24.9. The molecule has 0 saturated heterocycles. The Hall–Kier alpha value is -6.59. The smallest absolute Gasteiger partial charge is 0.160 e. The fraction of sp³-hybridized carbons (Fsp3) is 0.140. The highest BCUT2D eigenvalue weighted by atomic mass is 14.9. The van der Waals surface area contributed by atoms with Crippen molar-refractivity contribution in [3.05, 3.63) is 176 Å². The van der Waals surface area contributed by atoms with Crippen LogP contribution in [0.5, 0.6) is 0 Å². The summed E-state index contributed by atoms with van der Waals surface area (Å²) in [6.07, 6.45) is 7.87. The Balaban J connectivity index is 0.981. The molecule has 11 rings (SSSR count). The Morgan fingerprint density at radius 3 is 1.36 bits per heavy atom. The van der Waals surface area contributed by atoms with E-state index in [0.29, 0.717) is 11.2 Å². The van der Waals surface area contributed by atoms with E-state index in [1.165, 1.54) is 24.8 Å². The maximum Gasteiger partial charge on any atom is 0.160 e. The first-order valence-electron chi connectivity index (χ1n) is 19.3. The predicted molar refractivity (Wildman–Crippen MR) is 219 cm³/mol. The molecule has 3 aliphatic rings. The number of nitrogens with zero attached hydrogens (tertiary/aromatic N) is 5. The topological polar surface area (TPSA) is 64.5 Å². The molecule has 0 aliphatic heterocycles. The monoisotopic (exact) mass is 707 g/mol. The van der Waals surface area contributed by atoms with Gasteiger partial charge in [0.15, 0.2) is 11.6 Å². The van der Waals surface area contributed by atoms with E-state index >= 15 is 0 Å². The van der Waals surface area contributed by atoms with Crippen LogP contribution in [-0.4, -0.2) is 24.9 Å². The molecule has 2 atom stereocenters. The summed E-state index contributed by atoms with van der Waals surface area (Å²) in [5, 5.41) is 0. The van der Waals surface area contributed by atoms with E-state index in [4.69, 9.17) is 19.9 Å². The van der Waals surface area contributed by atoms with Crippen molar-refractivity contribution < 1.29 is 0 Å². The number of benzene rings is 5. The lowest BCUT2D eigenvalue weighted by Crippen LogP contribution is -2.71. The fourth-order valence-corrected chi connectivity index (χ4v) is 9.69. The van der Waals surface area contributed by atoms with Crippen molar-refractivity contribution in [3.8, 4) is 78.9 Å². The Labute approximate surface area is 320 Å². The van der Waals surface area contributed by atoms with Gasteiger partial charge in [-0.1, -0.05) is 133 Å². The molecule has 0 radical (unpaired) electrons. The molecule has 5 heteroatoms. The standard InChI is InChI=1S/C50H37N5/c1-3-9-33(10-4-1)43-27-45(54-48(52-43)35-18-16-32(17-19-35)39-15-8-24-51-31-39)37-13-7-14-38(25-37)46-28-44(34-11-5-2-6-12-34)53-49(55-46)36-20-22-42(23-21-36)50-29-40-26-41(30-50)47(40)50/h1-25,27-28,31,40-41,47H,26,29-30H2. The highest BCUT2D eigenvalue weighted by Gasteiger charge is 2.71. The number of hydrogen-bond acceptors (Lipinski definition) is 5. The maximum absolute atomic E-state index is 5.22. The zero-order valence-electron chi connectivity index (χ0n) is 30.3. The van der Waals surface area contributed by atoms with E-state index in [0.717, 1.165) is 90.9 Å². The van der Waals surface area contributed by atoms with Crippen molar-refractivity contribution in [1.82, 2.24) is 24.9 Å². The first-order valence-corrected chi connectivity index (χ1v) is 19.3. The lowest BCUT2D eigenvalue weighted by molar-refractivity contribution is -0.219. The summed E-state index contributed by atoms with van der Waals surface area (Å²) in [6.45, 7) is 0. The molecule has 0 N–H and O–H groups in total. The fourth-order valence-electron chi connectivity index (χ4n) is 9.69. The number of pyridine rings is 1. The lowest BCUT2D eigenvalue weighted by Gasteiger charge is -2.76. The normalized spacial score (nSPS) is 20.4. The Morgan fingerprint density at radius 2 is 0.873 bits per heavy atom. The van der Waals surface area contributed by atoms with E-state index in [2.05, 4.69) is 132 Å².